The van der Waals surface area contributed by atoms with Crippen LogP contribution >= 0.6 is 23.7 Å². The van der Waals surface area contributed by atoms with Crippen LogP contribution in [0.3, 0.4) is 0 Å². The number of rotatable bonds is 3. The average molecular weight is 328 g/mol. The highest BCUT2D eigenvalue weighted by atomic mass is 35.5. The molecule has 21 heavy (non-hydrogen) atoms. The van der Waals surface area contributed by atoms with Gasteiger partial charge in [0.05, 0.1) is 11.7 Å². The molecule has 8 heteroatoms. The van der Waals surface area contributed by atoms with Crippen LogP contribution in [0.4, 0.5) is 5.13 Å². The smallest absolute Gasteiger partial charge is 0.277 e. The first-order valence-corrected chi connectivity index (χ1v) is 7.60. The van der Waals surface area contributed by atoms with Crippen molar-refractivity contribution in [2.24, 2.45) is 0 Å². The van der Waals surface area contributed by atoms with Gasteiger partial charge in [-0.1, -0.05) is 0 Å². The Morgan fingerprint density at radius 2 is 2.43 bits per heavy atom. The molecule has 114 valence electrons. The monoisotopic (exact) mass is 327 g/mol. The first-order valence-electron chi connectivity index (χ1n) is 6.72. The number of hydrogen-bond acceptors (Lipinski definition) is 5. The molecule has 3 rings (SSSR count). The number of carbonyl (C=O) groups excluding carboxylic acids is 1. The molecular weight excluding hydrogens is 310 g/mol. The molecule has 0 spiro atoms. The number of amides is 1. The third kappa shape index (κ3) is 3.81. The summed E-state index contributed by atoms with van der Waals surface area (Å²) in [5.74, 6) is -0.207. The summed E-state index contributed by atoms with van der Waals surface area (Å²) in [6.07, 6.45) is 4.12. The zero-order valence-corrected chi connectivity index (χ0v) is 13.3. The lowest BCUT2D eigenvalue weighted by molar-refractivity contribution is 0.102. The lowest BCUT2D eigenvalue weighted by Crippen LogP contribution is -2.32. The molecule has 1 saturated heterocycles. The zero-order valence-electron chi connectivity index (χ0n) is 11.7. The van der Waals surface area contributed by atoms with E-state index in [9.17, 15) is 4.79 Å². The van der Waals surface area contributed by atoms with Crippen molar-refractivity contribution in [2.45, 2.75) is 25.8 Å². The lowest BCUT2D eigenvalue weighted by atomic mass is 10.1. The van der Waals surface area contributed by atoms with E-state index in [0.29, 0.717) is 16.9 Å². The highest BCUT2D eigenvalue weighted by Gasteiger charge is 2.18. The second-order valence-corrected chi connectivity index (χ2v) is 5.79. The van der Waals surface area contributed by atoms with Crippen LogP contribution < -0.4 is 10.6 Å². The van der Waals surface area contributed by atoms with Crippen molar-refractivity contribution in [3.05, 3.63) is 29.0 Å². The fourth-order valence-corrected chi connectivity index (χ4v) is 2.98. The largest absolute Gasteiger partial charge is 0.315 e. The Morgan fingerprint density at radius 3 is 3.10 bits per heavy atom. The highest BCUT2D eigenvalue weighted by Crippen LogP contribution is 2.17. The van der Waals surface area contributed by atoms with Gasteiger partial charge in [0, 0.05) is 18.1 Å². The zero-order chi connectivity index (χ0) is 13.9. The standard InChI is InChI=1S/C13H17N5OS.ClH/c1-9-8-20-13(15-9)16-12(19)11-4-6-18(17-11)10-3-2-5-14-7-10;/h4,6,8,10,14H,2-3,5,7H2,1H3,(H,15,16,19);1H. The SMILES string of the molecule is Cc1csc(NC(=O)c2ccn(C3CCCNC3)n2)n1.Cl. The third-order valence-corrected chi connectivity index (χ3v) is 4.20. The number of hydrogen-bond donors (Lipinski definition) is 2. The van der Waals surface area contributed by atoms with Crippen LogP contribution in [0.15, 0.2) is 17.6 Å². The molecule has 1 amide bonds. The molecule has 0 radical (unpaired) electrons. The fraction of sp³-hybridized carbons (Fsp3) is 0.462. The molecule has 0 saturated carbocycles. The third-order valence-electron chi connectivity index (χ3n) is 3.33. The van der Waals surface area contributed by atoms with Gasteiger partial charge in [-0.15, -0.1) is 23.7 Å². The maximum atomic E-state index is 12.1. The first kappa shape index (κ1) is 15.9. The number of carbonyl (C=O) groups is 1. The highest BCUT2D eigenvalue weighted by molar-refractivity contribution is 7.13. The summed E-state index contributed by atoms with van der Waals surface area (Å²) in [7, 11) is 0. The molecule has 0 aromatic carbocycles. The predicted octanol–water partition coefficient (Wildman–Crippen LogP) is 2.25. The Labute approximate surface area is 133 Å². The summed E-state index contributed by atoms with van der Waals surface area (Å²) in [6, 6.07) is 2.09. The van der Waals surface area contributed by atoms with Crippen molar-refractivity contribution < 1.29 is 4.79 Å². The van der Waals surface area contributed by atoms with Crippen LogP contribution in [0.25, 0.3) is 0 Å². The molecule has 2 aromatic heterocycles. The van der Waals surface area contributed by atoms with Crippen LogP contribution in [0.5, 0.6) is 0 Å². The van der Waals surface area contributed by atoms with E-state index in [1.165, 1.54) is 11.3 Å². The molecule has 3 heterocycles. The molecule has 0 bridgehead atoms. The van der Waals surface area contributed by atoms with Crippen LogP contribution in [0.1, 0.15) is 35.1 Å². The molecule has 1 fully saturated rings. The van der Waals surface area contributed by atoms with Crippen molar-refractivity contribution in [1.29, 1.82) is 0 Å². The average Bonchev–Trinajstić information content (AvgIpc) is 3.09. The molecule has 1 aliphatic heterocycles. The van der Waals surface area contributed by atoms with Gasteiger partial charge in [0.25, 0.3) is 5.91 Å². The molecule has 0 aliphatic carbocycles. The number of aryl methyl sites for hydroxylation is 1. The normalized spacial score (nSPS) is 18.0. The number of thiazole rings is 1. The van der Waals surface area contributed by atoms with Gasteiger partial charge in [-0.2, -0.15) is 5.10 Å². The number of anilines is 1. The molecule has 6 nitrogen and oxygen atoms in total. The second-order valence-electron chi connectivity index (χ2n) is 4.93. The maximum Gasteiger partial charge on any atom is 0.277 e. The van der Waals surface area contributed by atoms with Gasteiger partial charge in [-0.05, 0) is 32.4 Å². The Kier molecular flexibility index (Phi) is 5.33. The van der Waals surface area contributed by atoms with Crippen molar-refractivity contribution in [3.8, 4) is 0 Å². The summed E-state index contributed by atoms with van der Waals surface area (Å²) in [5.41, 5.74) is 1.34. The topological polar surface area (TPSA) is 71.8 Å². The van der Waals surface area contributed by atoms with E-state index >= 15 is 0 Å². The summed E-state index contributed by atoms with van der Waals surface area (Å²) in [5, 5.41) is 13.0. The van der Waals surface area contributed by atoms with E-state index in [2.05, 4.69) is 20.7 Å². The Morgan fingerprint density at radius 1 is 1.57 bits per heavy atom. The van der Waals surface area contributed by atoms with Gasteiger partial charge in [-0.3, -0.25) is 14.8 Å². The van der Waals surface area contributed by atoms with Gasteiger partial charge in [0.15, 0.2) is 10.8 Å². The number of aromatic nitrogens is 3. The Balaban J connectivity index is 0.00000161. The van der Waals surface area contributed by atoms with Gasteiger partial charge in [0.1, 0.15) is 0 Å². The van der Waals surface area contributed by atoms with Crippen LogP contribution in [-0.4, -0.2) is 33.8 Å². The lowest BCUT2D eigenvalue weighted by Gasteiger charge is -2.22. The molecule has 1 aliphatic rings. The minimum atomic E-state index is -0.207. The molecular formula is C13H18ClN5OS. The van der Waals surface area contributed by atoms with E-state index in [4.69, 9.17) is 0 Å². The van der Waals surface area contributed by atoms with Crippen molar-refractivity contribution in [2.75, 3.05) is 18.4 Å². The number of nitrogens with one attached hydrogen (secondary N) is 2. The van der Waals surface area contributed by atoms with Crippen molar-refractivity contribution >= 4 is 34.8 Å². The number of piperidine rings is 1. The molecule has 2 N–H and O–H groups in total. The minimum absolute atomic E-state index is 0. The first-order chi connectivity index (χ1) is 9.72. The van der Waals surface area contributed by atoms with Gasteiger partial charge < -0.3 is 5.32 Å². The molecule has 1 unspecified atom stereocenters. The van der Waals surface area contributed by atoms with Crippen LogP contribution in [-0.2, 0) is 0 Å². The summed E-state index contributed by atoms with van der Waals surface area (Å²) in [4.78, 5) is 16.3. The van der Waals surface area contributed by atoms with E-state index in [1.54, 1.807) is 6.07 Å². The van der Waals surface area contributed by atoms with Crippen LogP contribution in [0.2, 0.25) is 0 Å². The van der Waals surface area contributed by atoms with Gasteiger partial charge >= 0.3 is 0 Å². The Hall–Kier alpha value is -1.44. The van der Waals surface area contributed by atoms with Gasteiger partial charge in [0.2, 0.25) is 0 Å². The number of halogens is 1. The predicted molar refractivity (Wildman–Crippen MR) is 85.4 cm³/mol. The maximum absolute atomic E-state index is 12.1. The summed E-state index contributed by atoms with van der Waals surface area (Å²) in [6.45, 7) is 3.87. The van der Waals surface area contributed by atoms with Gasteiger partial charge in [-0.25, -0.2) is 4.98 Å². The van der Waals surface area contributed by atoms with Crippen molar-refractivity contribution in [1.82, 2.24) is 20.1 Å². The summed E-state index contributed by atoms with van der Waals surface area (Å²) < 4.78 is 1.88. The Bertz CT molecular complexity index is 605. The minimum Gasteiger partial charge on any atom is -0.315 e. The van der Waals surface area contributed by atoms with Crippen molar-refractivity contribution in [3.63, 3.8) is 0 Å². The summed E-state index contributed by atoms with van der Waals surface area (Å²) >= 11 is 1.42. The van der Waals surface area contributed by atoms with E-state index in [-0.39, 0.29) is 18.3 Å². The van der Waals surface area contributed by atoms with E-state index in [0.717, 1.165) is 31.6 Å². The van der Waals surface area contributed by atoms with Crippen LogP contribution in [0, 0.1) is 6.92 Å². The second kappa shape index (κ2) is 7.02. The van der Waals surface area contributed by atoms with E-state index < -0.39 is 0 Å². The number of nitrogens with zero attached hydrogens (tertiary/aromatic N) is 3. The molecule has 1 atom stereocenters. The van der Waals surface area contributed by atoms with E-state index in [1.807, 2.05) is 23.2 Å². The fourth-order valence-electron chi connectivity index (χ4n) is 2.29. The molecule has 2 aromatic rings. The quantitative estimate of drug-likeness (QED) is 0.907.